The van der Waals surface area contributed by atoms with Gasteiger partial charge < -0.3 is 5.73 Å². The van der Waals surface area contributed by atoms with Gasteiger partial charge >= 0.3 is 0 Å². The number of hydrogen-bond acceptors (Lipinski definition) is 3. The third-order valence-electron chi connectivity index (χ3n) is 3.18. The number of Topliss-reactive ketones (excluding diaryl/α,β-unsaturated/α-hetero) is 1. The highest BCUT2D eigenvalue weighted by Crippen LogP contribution is 2.20. The van der Waals surface area contributed by atoms with Crippen molar-refractivity contribution in [3.05, 3.63) is 35.5 Å². The summed E-state index contributed by atoms with van der Waals surface area (Å²) in [6.07, 6.45) is 9.62. The van der Waals surface area contributed by atoms with E-state index in [1.54, 1.807) is 6.20 Å². The Hall–Kier alpha value is -1.64. The number of nitrogens with two attached hydrogens (primary N) is 1. The standard InChI is InChI=1S/C14H18N2O/c15-14-12(8-5-9-16-14)10-13(17)11-6-3-1-2-4-7-11/h5-6,8-9H,1-4,7,10H2,(H2,15,16). The molecule has 0 spiro atoms. The molecule has 0 saturated heterocycles. The highest BCUT2D eigenvalue weighted by Gasteiger charge is 2.13. The Morgan fingerprint density at radius 3 is 3.06 bits per heavy atom. The van der Waals surface area contributed by atoms with E-state index < -0.39 is 0 Å². The first kappa shape index (κ1) is 11.8. The average molecular weight is 230 g/mol. The molecule has 0 saturated carbocycles. The van der Waals surface area contributed by atoms with Crippen molar-refractivity contribution >= 4 is 11.6 Å². The maximum absolute atomic E-state index is 12.1. The Morgan fingerprint density at radius 1 is 1.35 bits per heavy atom. The van der Waals surface area contributed by atoms with Crippen LogP contribution in [0.25, 0.3) is 0 Å². The summed E-state index contributed by atoms with van der Waals surface area (Å²) >= 11 is 0. The fraction of sp³-hybridized carbons (Fsp3) is 0.429. The van der Waals surface area contributed by atoms with E-state index in [4.69, 9.17) is 5.73 Å². The number of anilines is 1. The van der Waals surface area contributed by atoms with Crippen LogP contribution in [0, 0.1) is 0 Å². The number of nitrogens with zero attached hydrogens (tertiary/aromatic N) is 1. The van der Waals surface area contributed by atoms with E-state index in [0.29, 0.717) is 12.2 Å². The molecule has 0 bridgehead atoms. The van der Waals surface area contributed by atoms with E-state index in [9.17, 15) is 4.79 Å². The van der Waals surface area contributed by atoms with Crippen molar-refractivity contribution in [2.75, 3.05) is 5.73 Å². The molecule has 0 atom stereocenters. The topological polar surface area (TPSA) is 56.0 Å². The van der Waals surface area contributed by atoms with Crippen LogP contribution in [-0.4, -0.2) is 10.8 Å². The first-order valence-electron chi connectivity index (χ1n) is 6.19. The van der Waals surface area contributed by atoms with Gasteiger partial charge in [-0.15, -0.1) is 0 Å². The number of carbonyl (C=O) groups excluding carboxylic acids is 1. The van der Waals surface area contributed by atoms with Crippen LogP contribution in [0.1, 0.15) is 37.7 Å². The molecule has 17 heavy (non-hydrogen) atoms. The molecule has 3 heteroatoms. The van der Waals surface area contributed by atoms with Crippen molar-refractivity contribution < 1.29 is 4.79 Å². The SMILES string of the molecule is Nc1ncccc1CC(=O)C1=CCCCCC1. The normalized spacial score (nSPS) is 16.1. The molecule has 0 fully saturated rings. The maximum atomic E-state index is 12.1. The second-order valence-corrected chi connectivity index (χ2v) is 4.48. The van der Waals surface area contributed by atoms with E-state index in [-0.39, 0.29) is 5.78 Å². The number of hydrogen-bond donors (Lipinski definition) is 1. The van der Waals surface area contributed by atoms with Crippen molar-refractivity contribution in [1.82, 2.24) is 4.98 Å². The summed E-state index contributed by atoms with van der Waals surface area (Å²) in [5.41, 5.74) is 7.56. The zero-order valence-corrected chi connectivity index (χ0v) is 9.98. The smallest absolute Gasteiger partial charge is 0.163 e. The molecule has 1 aliphatic rings. The van der Waals surface area contributed by atoms with E-state index >= 15 is 0 Å². The predicted octanol–water partition coefficient (Wildman–Crippen LogP) is 2.67. The predicted molar refractivity (Wildman–Crippen MR) is 68.5 cm³/mol. The second kappa shape index (κ2) is 5.62. The van der Waals surface area contributed by atoms with Crippen LogP contribution >= 0.6 is 0 Å². The molecule has 0 unspecified atom stereocenters. The van der Waals surface area contributed by atoms with Crippen molar-refractivity contribution in [1.29, 1.82) is 0 Å². The van der Waals surface area contributed by atoms with Crippen molar-refractivity contribution in [3.8, 4) is 0 Å². The van der Waals surface area contributed by atoms with Crippen molar-refractivity contribution in [2.24, 2.45) is 0 Å². The van der Waals surface area contributed by atoms with Gasteiger partial charge in [-0.3, -0.25) is 4.79 Å². The Bertz CT molecular complexity index is 438. The van der Waals surface area contributed by atoms with E-state index in [0.717, 1.165) is 30.4 Å². The van der Waals surface area contributed by atoms with Gasteiger partial charge in [-0.05, 0) is 37.3 Å². The van der Waals surface area contributed by atoms with E-state index in [2.05, 4.69) is 11.1 Å². The van der Waals surface area contributed by atoms with Crippen LogP contribution in [-0.2, 0) is 11.2 Å². The highest BCUT2D eigenvalue weighted by molar-refractivity contribution is 5.97. The quantitative estimate of drug-likeness (QED) is 0.868. The van der Waals surface area contributed by atoms with Gasteiger partial charge in [0.2, 0.25) is 0 Å². The zero-order chi connectivity index (χ0) is 12.1. The second-order valence-electron chi connectivity index (χ2n) is 4.48. The van der Waals surface area contributed by atoms with Gasteiger partial charge in [0.1, 0.15) is 5.82 Å². The fourth-order valence-corrected chi connectivity index (χ4v) is 2.15. The summed E-state index contributed by atoms with van der Waals surface area (Å²) in [4.78, 5) is 16.1. The molecular formula is C14H18N2O. The molecule has 1 aromatic rings. The van der Waals surface area contributed by atoms with Gasteiger partial charge in [0.15, 0.2) is 5.78 Å². The first-order valence-corrected chi connectivity index (χ1v) is 6.19. The molecule has 2 rings (SSSR count). The average Bonchev–Trinajstić information content (AvgIpc) is 2.61. The van der Waals surface area contributed by atoms with E-state index in [1.165, 1.54) is 12.8 Å². The van der Waals surface area contributed by atoms with Crippen LogP contribution in [0.15, 0.2) is 30.0 Å². The summed E-state index contributed by atoms with van der Waals surface area (Å²) in [5, 5.41) is 0. The number of ketones is 1. The summed E-state index contributed by atoms with van der Waals surface area (Å²) < 4.78 is 0. The zero-order valence-electron chi connectivity index (χ0n) is 9.98. The Labute approximate surface area is 102 Å². The number of carbonyl (C=O) groups is 1. The Morgan fingerprint density at radius 2 is 2.24 bits per heavy atom. The molecule has 1 aliphatic carbocycles. The molecule has 0 amide bonds. The molecule has 0 aliphatic heterocycles. The molecule has 0 radical (unpaired) electrons. The van der Waals surface area contributed by atoms with Gasteiger partial charge in [-0.1, -0.05) is 18.6 Å². The van der Waals surface area contributed by atoms with Crippen molar-refractivity contribution in [2.45, 2.75) is 38.5 Å². The number of aromatic nitrogens is 1. The molecular weight excluding hydrogens is 212 g/mol. The number of allylic oxidation sites excluding steroid dienone is 2. The lowest BCUT2D eigenvalue weighted by Gasteiger charge is -2.06. The van der Waals surface area contributed by atoms with Crippen molar-refractivity contribution in [3.63, 3.8) is 0 Å². The highest BCUT2D eigenvalue weighted by atomic mass is 16.1. The van der Waals surface area contributed by atoms with Crippen LogP contribution in [0.5, 0.6) is 0 Å². The molecule has 0 aromatic carbocycles. The number of rotatable bonds is 3. The largest absolute Gasteiger partial charge is 0.383 e. The first-order chi connectivity index (χ1) is 8.27. The molecule has 3 nitrogen and oxygen atoms in total. The lowest BCUT2D eigenvalue weighted by Crippen LogP contribution is -2.09. The van der Waals surface area contributed by atoms with Gasteiger partial charge in [-0.2, -0.15) is 0 Å². The van der Waals surface area contributed by atoms with Gasteiger partial charge in [0, 0.05) is 18.2 Å². The van der Waals surface area contributed by atoms with Gasteiger partial charge in [-0.25, -0.2) is 4.98 Å². The van der Waals surface area contributed by atoms with Crippen LogP contribution in [0.3, 0.4) is 0 Å². The van der Waals surface area contributed by atoms with Gasteiger partial charge in [0.05, 0.1) is 0 Å². The maximum Gasteiger partial charge on any atom is 0.163 e. The minimum Gasteiger partial charge on any atom is -0.383 e. The third kappa shape index (κ3) is 3.16. The van der Waals surface area contributed by atoms with Crippen LogP contribution in [0.4, 0.5) is 5.82 Å². The number of pyridine rings is 1. The van der Waals surface area contributed by atoms with Crippen LogP contribution < -0.4 is 5.73 Å². The van der Waals surface area contributed by atoms with Crippen LogP contribution in [0.2, 0.25) is 0 Å². The summed E-state index contributed by atoms with van der Waals surface area (Å²) in [5.74, 6) is 0.668. The molecule has 2 N–H and O–H groups in total. The minimum atomic E-state index is 0.201. The number of nitrogen functional groups attached to an aromatic ring is 1. The minimum absolute atomic E-state index is 0.201. The lowest BCUT2D eigenvalue weighted by atomic mass is 10.00. The Balaban J connectivity index is 2.06. The molecule has 1 heterocycles. The summed E-state index contributed by atoms with van der Waals surface area (Å²) in [7, 11) is 0. The summed E-state index contributed by atoms with van der Waals surface area (Å²) in [6.45, 7) is 0. The Kier molecular flexibility index (Phi) is 3.91. The lowest BCUT2D eigenvalue weighted by molar-refractivity contribution is -0.115. The third-order valence-corrected chi connectivity index (χ3v) is 3.18. The monoisotopic (exact) mass is 230 g/mol. The molecule has 1 aromatic heterocycles. The fourth-order valence-electron chi connectivity index (χ4n) is 2.15. The summed E-state index contributed by atoms with van der Waals surface area (Å²) in [6, 6.07) is 3.69. The van der Waals surface area contributed by atoms with E-state index in [1.807, 2.05) is 12.1 Å². The van der Waals surface area contributed by atoms with Gasteiger partial charge in [0.25, 0.3) is 0 Å². The molecule has 90 valence electrons.